The van der Waals surface area contributed by atoms with Crippen molar-refractivity contribution in [3.8, 4) is 11.5 Å². The summed E-state index contributed by atoms with van der Waals surface area (Å²) in [5.74, 6) is 0.209. The smallest absolute Gasteiger partial charge is 0.441 e. The Morgan fingerprint density at radius 2 is 1.38 bits per heavy atom. The third-order valence-electron chi connectivity index (χ3n) is 3.29. The molecule has 0 heterocycles. The Kier molecular flexibility index (Phi) is 6.04. The summed E-state index contributed by atoms with van der Waals surface area (Å²) >= 11 is 0. The molecule has 0 aliphatic rings. The largest absolute Gasteiger partial charge is 0.465 e. The minimum absolute atomic E-state index is 0.202. The SMILES string of the molecule is CCOC(=O)CP(=O)(Oc1ccccc1C)Oc1ccccc1C. The number of carbonyl (C=O) groups is 1. The van der Waals surface area contributed by atoms with Crippen LogP contribution >= 0.6 is 7.60 Å². The number of benzene rings is 2. The van der Waals surface area contributed by atoms with Crippen molar-refractivity contribution in [1.29, 1.82) is 0 Å². The van der Waals surface area contributed by atoms with Crippen LogP contribution in [0.1, 0.15) is 18.1 Å². The quantitative estimate of drug-likeness (QED) is 0.544. The number of esters is 1. The molecule has 0 atom stereocenters. The molecule has 6 heteroatoms. The standard InChI is InChI=1S/C18H21O5P/c1-4-21-18(19)13-24(20,22-16-11-7-5-9-14(16)2)23-17-12-8-6-10-15(17)3/h5-12H,4,13H2,1-3H3. The molecule has 0 N–H and O–H groups in total. The van der Waals surface area contributed by atoms with Crippen LogP contribution in [0.25, 0.3) is 0 Å². The highest BCUT2D eigenvalue weighted by Gasteiger charge is 2.33. The lowest BCUT2D eigenvalue weighted by Gasteiger charge is -2.21. The van der Waals surface area contributed by atoms with Crippen molar-refractivity contribution in [3.05, 3.63) is 59.7 Å². The molecule has 0 unspecified atom stereocenters. The van der Waals surface area contributed by atoms with Gasteiger partial charge in [-0.25, -0.2) is 4.57 Å². The topological polar surface area (TPSA) is 61.8 Å². The fraction of sp³-hybridized carbons (Fsp3) is 0.278. The van der Waals surface area contributed by atoms with Gasteiger partial charge in [-0.2, -0.15) is 0 Å². The van der Waals surface area contributed by atoms with Crippen molar-refractivity contribution < 1.29 is 23.1 Å². The van der Waals surface area contributed by atoms with Crippen LogP contribution in [0.15, 0.2) is 48.5 Å². The molecule has 24 heavy (non-hydrogen) atoms. The third-order valence-corrected chi connectivity index (χ3v) is 4.89. The zero-order valence-corrected chi connectivity index (χ0v) is 14.9. The lowest BCUT2D eigenvalue weighted by molar-refractivity contribution is -0.140. The predicted octanol–water partition coefficient (Wildman–Crippen LogP) is 4.52. The minimum Gasteiger partial charge on any atom is -0.465 e. The van der Waals surface area contributed by atoms with Crippen LogP contribution in [0.5, 0.6) is 11.5 Å². The van der Waals surface area contributed by atoms with Crippen molar-refractivity contribution in [2.75, 3.05) is 12.8 Å². The van der Waals surface area contributed by atoms with E-state index < -0.39 is 19.7 Å². The summed E-state index contributed by atoms with van der Waals surface area (Å²) in [6.07, 6.45) is -0.455. The van der Waals surface area contributed by atoms with Gasteiger partial charge in [-0.3, -0.25) is 4.79 Å². The number of aryl methyl sites for hydroxylation is 2. The van der Waals surface area contributed by atoms with Gasteiger partial charge in [0.2, 0.25) is 0 Å². The van der Waals surface area contributed by atoms with Crippen molar-refractivity contribution in [2.45, 2.75) is 20.8 Å². The molecule has 0 saturated carbocycles. The number of hydrogen-bond donors (Lipinski definition) is 0. The van der Waals surface area contributed by atoms with Crippen molar-refractivity contribution in [3.63, 3.8) is 0 Å². The monoisotopic (exact) mass is 348 g/mol. The summed E-state index contributed by atoms with van der Waals surface area (Å²) in [6, 6.07) is 14.3. The molecule has 0 bridgehead atoms. The molecule has 2 aromatic carbocycles. The number of rotatable bonds is 7. The maximum Gasteiger partial charge on any atom is 0.441 e. The maximum atomic E-state index is 13.2. The molecule has 0 fully saturated rings. The highest BCUT2D eigenvalue weighted by molar-refractivity contribution is 7.55. The Labute approximate surface area is 142 Å². The molecule has 128 valence electrons. The molecular formula is C18H21O5P. The Morgan fingerprint density at radius 1 is 0.917 bits per heavy atom. The number of ether oxygens (including phenoxy) is 1. The van der Waals surface area contributed by atoms with Gasteiger partial charge in [-0.05, 0) is 44.0 Å². The van der Waals surface area contributed by atoms with Crippen LogP contribution < -0.4 is 9.05 Å². The van der Waals surface area contributed by atoms with Gasteiger partial charge < -0.3 is 13.8 Å². The van der Waals surface area contributed by atoms with E-state index in [-0.39, 0.29) is 6.61 Å². The number of hydrogen-bond acceptors (Lipinski definition) is 5. The second kappa shape index (κ2) is 8.02. The van der Waals surface area contributed by atoms with Gasteiger partial charge in [-0.15, -0.1) is 0 Å². The van der Waals surface area contributed by atoms with Crippen LogP contribution in [0.3, 0.4) is 0 Å². The van der Waals surface area contributed by atoms with Gasteiger partial charge in [0.15, 0.2) is 6.16 Å². The molecule has 0 aliphatic carbocycles. The first-order valence-corrected chi connectivity index (χ1v) is 9.41. The van der Waals surface area contributed by atoms with E-state index in [9.17, 15) is 9.36 Å². The number of para-hydroxylation sites is 2. The summed E-state index contributed by atoms with van der Waals surface area (Å²) in [6.45, 7) is 5.55. The van der Waals surface area contributed by atoms with Gasteiger partial charge in [0, 0.05) is 0 Å². The molecule has 0 saturated heterocycles. The lowest BCUT2D eigenvalue weighted by atomic mass is 10.2. The Balaban J connectivity index is 2.30. The molecule has 0 aliphatic heterocycles. The Bertz CT molecular complexity index is 705. The molecule has 2 aromatic rings. The van der Waals surface area contributed by atoms with Gasteiger partial charge in [0.1, 0.15) is 11.5 Å². The van der Waals surface area contributed by atoms with Crippen LogP contribution in [0, 0.1) is 13.8 Å². The second-order valence-electron chi connectivity index (χ2n) is 5.29. The molecule has 0 spiro atoms. The number of carbonyl (C=O) groups excluding carboxylic acids is 1. The van der Waals surface area contributed by atoms with E-state index in [0.29, 0.717) is 11.5 Å². The molecule has 0 aromatic heterocycles. The van der Waals surface area contributed by atoms with E-state index in [1.165, 1.54) is 0 Å². The van der Waals surface area contributed by atoms with E-state index in [0.717, 1.165) is 11.1 Å². The average Bonchev–Trinajstić information content (AvgIpc) is 2.52. The summed E-state index contributed by atoms with van der Waals surface area (Å²) in [5, 5.41) is 0. The Morgan fingerprint density at radius 3 is 1.79 bits per heavy atom. The van der Waals surface area contributed by atoms with E-state index in [4.69, 9.17) is 13.8 Å². The Hall–Kier alpha value is -2.26. The van der Waals surface area contributed by atoms with Gasteiger partial charge in [-0.1, -0.05) is 36.4 Å². The zero-order chi connectivity index (χ0) is 17.6. The van der Waals surface area contributed by atoms with E-state index in [1.54, 1.807) is 31.2 Å². The van der Waals surface area contributed by atoms with Crippen molar-refractivity contribution in [1.82, 2.24) is 0 Å². The average molecular weight is 348 g/mol. The molecule has 2 rings (SSSR count). The predicted molar refractivity (Wildman–Crippen MR) is 92.7 cm³/mol. The molecule has 5 nitrogen and oxygen atoms in total. The van der Waals surface area contributed by atoms with Crippen molar-refractivity contribution in [2.24, 2.45) is 0 Å². The first kappa shape index (κ1) is 18.1. The second-order valence-corrected chi connectivity index (χ2v) is 7.19. The third kappa shape index (κ3) is 4.87. The summed E-state index contributed by atoms with van der Waals surface area (Å²) in [7, 11) is -3.78. The molecule has 0 radical (unpaired) electrons. The summed E-state index contributed by atoms with van der Waals surface area (Å²) < 4.78 is 29.4. The van der Waals surface area contributed by atoms with Gasteiger partial charge >= 0.3 is 13.6 Å². The zero-order valence-electron chi connectivity index (χ0n) is 14.0. The maximum absolute atomic E-state index is 13.2. The lowest BCUT2D eigenvalue weighted by Crippen LogP contribution is -2.16. The van der Waals surface area contributed by atoms with E-state index in [2.05, 4.69) is 0 Å². The minimum atomic E-state index is -3.78. The van der Waals surface area contributed by atoms with Crippen LogP contribution in [0.4, 0.5) is 0 Å². The summed E-state index contributed by atoms with van der Waals surface area (Å²) in [5.41, 5.74) is 1.60. The summed E-state index contributed by atoms with van der Waals surface area (Å²) in [4.78, 5) is 11.9. The highest BCUT2D eigenvalue weighted by atomic mass is 31.2. The van der Waals surface area contributed by atoms with Crippen molar-refractivity contribution >= 4 is 13.6 Å². The fourth-order valence-electron chi connectivity index (χ4n) is 2.07. The van der Waals surface area contributed by atoms with E-state index >= 15 is 0 Å². The first-order valence-electron chi connectivity index (χ1n) is 7.68. The first-order chi connectivity index (χ1) is 11.4. The fourth-order valence-corrected chi connectivity index (χ4v) is 3.65. The van der Waals surface area contributed by atoms with Crippen LogP contribution in [-0.4, -0.2) is 18.7 Å². The van der Waals surface area contributed by atoms with Crippen LogP contribution in [0.2, 0.25) is 0 Å². The molecule has 0 amide bonds. The van der Waals surface area contributed by atoms with Gasteiger partial charge in [0.05, 0.1) is 6.61 Å². The van der Waals surface area contributed by atoms with Gasteiger partial charge in [0.25, 0.3) is 0 Å². The normalized spacial score (nSPS) is 11.0. The highest BCUT2D eigenvalue weighted by Crippen LogP contribution is 2.49. The van der Waals surface area contributed by atoms with E-state index in [1.807, 2.05) is 38.1 Å². The van der Waals surface area contributed by atoms with Crippen LogP contribution in [-0.2, 0) is 14.1 Å². The molecular weight excluding hydrogens is 327 g/mol.